The van der Waals surface area contributed by atoms with Crippen LogP contribution in [0.2, 0.25) is 0 Å². The fraction of sp³-hybridized carbons (Fsp3) is 0.250. The normalized spacial score (nSPS) is 16.7. The average molecular weight is 338 g/mol. The zero-order valence-corrected chi connectivity index (χ0v) is 14.0. The summed E-state index contributed by atoms with van der Waals surface area (Å²) in [6.45, 7) is 2.65. The van der Waals surface area contributed by atoms with E-state index in [0.29, 0.717) is 12.3 Å². The summed E-state index contributed by atoms with van der Waals surface area (Å²) < 4.78 is 18.4. The molecule has 3 aromatic rings. The van der Waals surface area contributed by atoms with Gasteiger partial charge in [0.25, 0.3) is 5.91 Å². The summed E-state index contributed by atoms with van der Waals surface area (Å²) in [6.07, 6.45) is 0.825. The maximum absolute atomic E-state index is 12.9. The quantitative estimate of drug-likeness (QED) is 0.789. The molecular formula is C20H19FN2O2. The lowest BCUT2D eigenvalue weighted by molar-refractivity contribution is -0.136. The third-order valence-electron chi connectivity index (χ3n) is 4.83. The van der Waals surface area contributed by atoms with Crippen molar-refractivity contribution < 1.29 is 13.9 Å². The number of ether oxygens (including phenoxy) is 1. The van der Waals surface area contributed by atoms with E-state index in [4.69, 9.17) is 4.74 Å². The summed E-state index contributed by atoms with van der Waals surface area (Å²) >= 11 is 0. The molecule has 25 heavy (non-hydrogen) atoms. The van der Waals surface area contributed by atoms with Crippen LogP contribution in [-0.2, 0) is 11.2 Å². The molecule has 0 bridgehead atoms. The lowest BCUT2D eigenvalue weighted by Gasteiger charge is -2.33. The SMILES string of the molecule is C[C@H]1c2[nH]c3ccccc3c2CCN1C(=O)COc1ccc(F)cc1. The number of benzene rings is 2. The van der Waals surface area contributed by atoms with Crippen molar-refractivity contribution in [2.45, 2.75) is 19.4 Å². The van der Waals surface area contributed by atoms with Gasteiger partial charge in [0.05, 0.1) is 6.04 Å². The van der Waals surface area contributed by atoms with Crippen LogP contribution in [0.25, 0.3) is 10.9 Å². The Morgan fingerprint density at radius 3 is 2.80 bits per heavy atom. The van der Waals surface area contributed by atoms with Gasteiger partial charge in [-0.1, -0.05) is 18.2 Å². The van der Waals surface area contributed by atoms with Crippen molar-refractivity contribution in [3.63, 3.8) is 0 Å². The Balaban J connectivity index is 1.49. The number of carbonyl (C=O) groups is 1. The highest BCUT2D eigenvalue weighted by Gasteiger charge is 2.30. The molecule has 4 rings (SSSR count). The minimum atomic E-state index is -0.324. The highest BCUT2D eigenvalue weighted by molar-refractivity contribution is 5.86. The first kappa shape index (κ1) is 15.7. The zero-order chi connectivity index (χ0) is 17.4. The molecule has 0 aliphatic carbocycles. The summed E-state index contributed by atoms with van der Waals surface area (Å²) in [6, 6.07) is 13.9. The third-order valence-corrected chi connectivity index (χ3v) is 4.83. The fourth-order valence-electron chi connectivity index (χ4n) is 3.53. The highest BCUT2D eigenvalue weighted by Crippen LogP contribution is 2.34. The van der Waals surface area contributed by atoms with E-state index in [1.165, 1.54) is 35.2 Å². The average Bonchev–Trinajstić information content (AvgIpc) is 3.01. The second-order valence-corrected chi connectivity index (χ2v) is 6.32. The standard InChI is InChI=1S/C20H19FN2O2/c1-13-20-17(16-4-2-3-5-18(16)22-20)10-11-23(13)19(24)12-25-15-8-6-14(21)7-9-15/h2-9,13,22H,10-12H2,1H3/t13-/m0/s1. The molecule has 0 fully saturated rings. The van der Waals surface area contributed by atoms with Crippen LogP contribution in [0.1, 0.15) is 24.2 Å². The number of fused-ring (bicyclic) bond motifs is 3. The summed E-state index contributed by atoms with van der Waals surface area (Å²) in [4.78, 5) is 17.9. The molecule has 1 aliphatic rings. The molecule has 1 aliphatic heterocycles. The number of halogens is 1. The molecule has 0 saturated carbocycles. The van der Waals surface area contributed by atoms with Gasteiger partial charge in [0.2, 0.25) is 0 Å². The summed E-state index contributed by atoms with van der Waals surface area (Å²) in [5.41, 5.74) is 3.50. The summed E-state index contributed by atoms with van der Waals surface area (Å²) in [5, 5.41) is 1.24. The number of hydrogen-bond donors (Lipinski definition) is 1. The number of para-hydroxylation sites is 1. The van der Waals surface area contributed by atoms with Gasteiger partial charge < -0.3 is 14.6 Å². The first-order valence-corrected chi connectivity index (χ1v) is 8.41. The topological polar surface area (TPSA) is 45.3 Å². The second kappa shape index (κ2) is 6.24. The predicted molar refractivity (Wildman–Crippen MR) is 94.0 cm³/mol. The first-order chi connectivity index (χ1) is 12.1. The van der Waals surface area contributed by atoms with Gasteiger partial charge in [-0.3, -0.25) is 4.79 Å². The number of aromatic nitrogens is 1. The molecule has 1 atom stereocenters. The van der Waals surface area contributed by atoms with Gasteiger partial charge >= 0.3 is 0 Å². The van der Waals surface area contributed by atoms with Gasteiger partial charge in [-0.25, -0.2) is 4.39 Å². The number of carbonyl (C=O) groups excluding carboxylic acids is 1. The molecule has 2 heterocycles. The Morgan fingerprint density at radius 1 is 1.24 bits per heavy atom. The van der Waals surface area contributed by atoms with Crippen molar-refractivity contribution in [1.29, 1.82) is 0 Å². The van der Waals surface area contributed by atoms with Crippen molar-refractivity contribution in [2.75, 3.05) is 13.2 Å². The van der Waals surface area contributed by atoms with Gasteiger partial charge in [-0.05, 0) is 49.2 Å². The van der Waals surface area contributed by atoms with E-state index in [1.807, 2.05) is 24.0 Å². The molecule has 1 aromatic heterocycles. The molecular weight excluding hydrogens is 319 g/mol. The number of H-pyrrole nitrogens is 1. The van der Waals surface area contributed by atoms with Crippen LogP contribution in [0.5, 0.6) is 5.75 Å². The van der Waals surface area contributed by atoms with Crippen molar-refractivity contribution >= 4 is 16.8 Å². The number of amides is 1. The second-order valence-electron chi connectivity index (χ2n) is 6.32. The Kier molecular flexibility index (Phi) is 3.92. The van der Waals surface area contributed by atoms with Crippen LogP contribution in [0.4, 0.5) is 4.39 Å². The first-order valence-electron chi connectivity index (χ1n) is 8.41. The van der Waals surface area contributed by atoms with Gasteiger partial charge in [0.15, 0.2) is 6.61 Å². The van der Waals surface area contributed by atoms with Crippen LogP contribution in [-0.4, -0.2) is 28.9 Å². The van der Waals surface area contributed by atoms with Crippen molar-refractivity contribution in [3.05, 3.63) is 65.6 Å². The smallest absolute Gasteiger partial charge is 0.261 e. The van der Waals surface area contributed by atoms with Crippen LogP contribution >= 0.6 is 0 Å². The maximum atomic E-state index is 12.9. The molecule has 4 nitrogen and oxygen atoms in total. The monoisotopic (exact) mass is 338 g/mol. The van der Waals surface area contributed by atoms with Gasteiger partial charge in [-0.2, -0.15) is 0 Å². The Bertz CT molecular complexity index is 917. The van der Waals surface area contributed by atoms with Crippen molar-refractivity contribution in [1.82, 2.24) is 9.88 Å². The number of aromatic amines is 1. The molecule has 2 aromatic carbocycles. The van der Waals surface area contributed by atoms with Gasteiger partial charge in [-0.15, -0.1) is 0 Å². The summed E-state index contributed by atoms with van der Waals surface area (Å²) in [7, 11) is 0. The molecule has 1 amide bonds. The minimum Gasteiger partial charge on any atom is -0.484 e. The Morgan fingerprint density at radius 2 is 2.00 bits per heavy atom. The van der Waals surface area contributed by atoms with Crippen LogP contribution < -0.4 is 4.74 Å². The van der Waals surface area contributed by atoms with E-state index < -0.39 is 0 Å². The lowest BCUT2D eigenvalue weighted by atomic mass is 9.98. The lowest BCUT2D eigenvalue weighted by Crippen LogP contribution is -2.41. The highest BCUT2D eigenvalue weighted by atomic mass is 19.1. The minimum absolute atomic E-state index is 0.0273. The van der Waals surface area contributed by atoms with Crippen molar-refractivity contribution in [3.8, 4) is 5.75 Å². The van der Waals surface area contributed by atoms with E-state index in [2.05, 4.69) is 17.1 Å². The molecule has 5 heteroatoms. The fourth-order valence-corrected chi connectivity index (χ4v) is 3.53. The van der Waals surface area contributed by atoms with Gasteiger partial charge in [0.1, 0.15) is 11.6 Å². The number of hydrogen-bond acceptors (Lipinski definition) is 2. The van der Waals surface area contributed by atoms with Crippen LogP contribution in [0.15, 0.2) is 48.5 Å². The molecule has 128 valence electrons. The van der Waals surface area contributed by atoms with Crippen LogP contribution in [0.3, 0.4) is 0 Å². The molecule has 0 saturated heterocycles. The Hall–Kier alpha value is -2.82. The Labute approximate surface area is 145 Å². The third kappa shape index (κ3) is 2.86. The largest absolute Gasteiger partial charge is 0.484 e. The van der Waals surface area contributed by atoms with E-state index in [-0.39, 0.29) is 24.4 Å². The van der Waals surface area contributed by atoms with E-state index >= 15 is 0 Å². The predicted octanol–water partition coefficient (Wildman–Crippen LogP) is 3.83. The molecule has 0 spiro atoms. The maximum Gasteiger partial charge on any atom is 0.261 e. The number of rotatable bonds is 3. The van der Waals surface area contributed by atoms with E-state index in [1.54, 1.807) is 0 Å². The molecule has 1 N–H and O–H groups in total. The molecule has 0 unspecified atom stereocenters. The van der Waals surface area contributed by atoms with Crippen LogP contribution in [0, 0.1) is 5.82 Å². The number of nitrogens with zero attached hydrogens (tertiary/aromatic N) is 1. The molecule has 0 radical (unpaired) electrons. The summed E-state index contributed by atoms with van der Waals surface area (Å²) in [5.74, 6) is 0.0986. The van der Waals surface area contributed by atoms with Gasteiger partial charge in [0, 0.05) is 23.1 Å². The zero-order valence-electron chi connectivity index (χ0n) is 14.0. The van der Waals surface area contributed by atoms with E-state index in [9.17, 15) is 9.18 Å². The number of nitrogens with one attached hydrogen (secondary N) is 1. The van der Waals surface area contributed by atoms with E-state index in [0.717, 1.165) is 17.6 Å². The van der Waals surface area contributed by atoms with Crippen molar-refractivity contribution in [2.24, 2.45) is 0 Å².